The zero-order chi connectivity index (χ0) is 17.2. The number of carbonyl (C=O) groups excluding carboxylic acids is 1. The molecule has 128 valence electrons. The molecule has 0 aliphatic heterocycles. The van der Waals surface area contributed by atoms with Crippen LogP contribution in [0.1, 0.15) is 53.9 Å². The Morgan fingerprint density at radius 3 is 2.25 bits per heavy atom. The molecular weight excluding hydrogens is 300 g/mol. The van der Waals surface area contributed by atoms with Crippen LogP contribution in [0.15, 0.2) is 42.6 Å². The molecule has 1 fully saturated rings. The second-order valence-electron chi connectivity index (χ2n) is 6.05. The highest BCUT2D eigenvalue weighted by atomic mass is 16.5. The van der Waals surface area contributed by atoms with E-state index < -0.39 is 0 Å². The zero-order valence-corrected chi connectivity index (χ0v) is 14.5. The summed E-state index contributed by atoms with van der Waals surface area (Å²) in [5.74, 6) is 1.99. The average molecular weight is 326 g/mol. The summed E-state index contributed by atoms with van der Waals surface area (Å²) in [5.41, 5.74) is 1.96. The highest BCUT2D eigenvalue weighted by Gasteiger charge is 2.15. The molecule has 1 aromatic carbocycles. The van der Waals surface area contributed by atoms with Gasteiger partial charge >= 0.3 is 0 Å². The van der Waals surface area contributed by atoms with Gasteiger partial charge in [0.1, 0.15) is 5.75 Å². The predicted molar refractivity (Wildman–Crippen MR) is 97.0 cm³/mol. The molecule has 1 aliphatic rings. The molecule has 0 atom stereocenters. The average Bonchev–Trinajstić information content (AvgIpc) is 2.64. The third kappa shape index (κ3) is 5.46. The smallest absolute Gasteiger partial charge is 0.219 e. The van der Waals surface area contributed by atoms with Crippen LogP contribution < -0.4 is 10.1 Å². The number of nitrogens with one attached hydrogen (secondary N) is 1. The van der Waals surface area contributed by atoms with Crippen LogP contribution >= 0.6 is 0 Å². The van der Waals surface area contributed by atoms with Gasteiger partial charge in [0.2, 0.25) is 5.88 Å². The quantitative estimate of drug-likeness (QED) is 0.836. The Bertz CT molecular complexity index is 603. The molecule has 24 heavy (non-hydrogen) atoms. The first-order chi connectivity index (χ1) is 11.8. The number of carbonyl (C=O) groups is 1. The normalized spacial score (nSPS) is 14.4. The fourth-order valence-electron chi connectivity index (χ4n) is 2.89. The van der Waals surface area contributed by atoms with E-state index in [-0.39, 0.29) is 0 Å². The molecule has 0 unspecified atom stereocenters. The molecule has 0 radical (unpaired) electrons. The Balaban J connectivity index is 0.000000647. The zero-order valence-electron chi connectivity index (χ0n) is 14.5. The molecule has 4 nitrogen and oxygen atoms in total. The van der Waals surface area contributed by atoms with Crippen molar-refractivity contribution in [1.82, 2.24) is 10.3 Å². The molecule has 4 heteroatoms. The number of nitrogens with zero attached hydrogens (tertiary/aromatic N) is 1. The minimum atomic E-state index is 0.506. The largest absolute Gasteiger partial charge is 0.439 e. The molecule has 0 spiro atoms. The summed E-state index contributed by atoms with van der Waals surface area (Å²) in [4.78, 5) is 14.7. The van der Waals surface area contributed by atoms with E-state index in [2.05, 4.69) is 22.4 Å². The maximum absolute atomic E-state index is 10.6. The van der Waals surface area contributed by atoms with Gasteiger partial charge in [0.05, 0.1) is 0 Å². The first-order valence-electron chi connectivity index (χ1n) is 8.54. The lowest BCUT2D eigenvalue weighted by Gasteiger charge is -2.22. The Kier molecular flexibility index (Phi) is 7.43. The topological polar surface area (TPSA) is 51.2 Å². The molecule has 2 aromatic rings. The summed E-state index contributed by atoms with van der Waals surface area (Å²) in [5, 5.41) is 2.75. The van der Waals surface area contributed by atoms with Crippen LogP contribution in [0, 0.1) is 0 Å². The monoisotopic (exact) mass is 326 g/mol. The van der Waals surface area contributed by atoms with Crippen molar-refractivity contribution in [2.75, 3.05) is 14.1 Å². The number of rotatable bonds is 4. The molecule has 1 N–H and O–H groups in total. The summed E-state index contributed by atoms with van der Waals surface area (Å²) in [6.07, 6.45) is 8.95. The minimum absolute atomic E-state index is 0.506. The standard InChI is InChI=1S/C18H19NO2.C2H7N/c20-13-14-6-11-18(19-12-14)21-17-9-7-16(8-10-17)15-4-2-1-3-5-15;1-3-2/h6-13,15H,1-5H2;3H,1-2H3. The SMILES string of the molecule is CNC.O=Cc1ccc(Oc2ccc(C3CCCCC3)cc2)nc1. The number of aldehydes is 1. The first kappa shape index (κ1) is 18.1. The van der Waals surface area contributed by atoms with E-state index in [1.807, 2.05) is 26.2 Å². The van der Waals surface area contributed by atoms with Crippen LogP contribution in [-0.2, 0) is 0 Å². The Morgan fingerprint density at radius 2 is 1.71 bits per heavy atom. The van der Waals surface area contributed by atoms with Gasteiger partial charge in [0.15, 0.2) is 6.29 Å². The predicted octanol–water partition coefficient (Wildman–Crippen LogP) is 4.57. The van der Waals surface area contributed by atoms with Gasteiger partial charge in [0, 0.05) is 17.8 Å². The lowest BCUT2D eigenvalue weighted by atomic mass is 9.84. The van der Waals surface area contributed by atoms with Crippen LogP contribution in [0.25, 0.3) is 0 Å². The Labute approximate surface area is 144 Å². The van der Waals surface area contributed by atoms with Crippen LogP contribution in [-0.4, -0.2) is 25.4 Å². The van der Waals surface area contributed by atoms with E-state index in [0.717, 1.165) is 12.0 Å². The van der Waals surface area contributed by atoms with Crippen molar-refractivity contribution < 1.29 is 9.53 Å². The van der Waals surface area contributed by atoms with Crippen molar-refractivity contribution >= 4 is 6.29 Å². The van der Waals surface area contributed by atoms with Crippen LogP contribution in [0.2, 0.25) is 0 Å². The van der Waals surface area contributed by atoms with Crippen LogP contribution in [0.4, 0.5) is 0 Å². The number of hydrogen-bond donors (Lipinski definition) is 1. The molecule has 1 heterocycles. The van der Waals surface area contributed by atoms with Gasteiger partial charge in [-0.1, -0.05) is 31.4 Å². The third-order valence-electron chi connectivity index (χ3n) is 4.07. The highest BCUT2D eigenvalue weighted by Crippen LogP contribution is 2.33. The van der Waals surface area contributed by atoms with Gasteiger partial charge in [-0.05, 0) is 56.6 Å². The first-order valence-corrected chi connectivity index (χ1v) is 8.54. The van der Waals surface area contributed by atoms with Crippen molar-refractivity contribution in [3.8, 4) is 11.6 Å². The van der Waals surface area contributed by atoms with E-state index in [0.29, 0.717) is 17.4 Å². The second-order valence-corrected chi connectivity index (χ2v) is 6.05. The van der Waals surface area contributed by atoms with E-state index in [4.69, 9.17) is 4.74 Å². The van der Waals surface area contributed by atoms with Crippen molar-refractivity contribution in [2.24, 2.45) is 0 Å². The summed E-state index contributed by atoms with van der Waals surface area (Å²) in [6, 6.07) is 11.7. The number of benzene rings is 1. The second kappa shape index (κ2) is 9.83. The van der Waals surface area contributed by atoms with Crippen molar-refractivity contribution in [3.05, 3.63) is 53.7 Å². The molecule has 1 aromatic heterocycles. The maximum atomic E-state index is 10.6. The number of pyridine rings is 1. The fraction of sp³-hybridized carbons (Fsp3) is 0.400. The molecule has 0 saturated heterocycles. The van der Waals surface area contributed by atoms with Crippen molar-refractivity contribution in [3.63, 3.8) is 0 Å². The summed E-state index contributed by atoms with van der Waals surface area (Å²) < 4.78 is 5.69. The van der Waals surface area contributed by atoms with Gasteiger partial charge in [-0.25, -0.2) is 4.98 Å². The van der Waals surface area contributed by atoms with E-state index in [1.54, 1.807) is 12.1 Å². The van der Waals surface area contributed by atoms with E-state index in [9.17, 15) is 4.79 Å². The Hall–Kier alpha value is -2.20. The lowest BCUT2D eigenvalue weighted by Crippen LogP contribution is -2.04. The minimum Gasteiger partial charge on any atom is -0.439 e. The van der Waals surface area contributed by atoms with Crippen LogP contribution in [0.3, 0.4) is 0 Å². The number of aromatic nitrogens is 1. The third-order valence-corrected chi connectivity index (χ3v) is 4.07. The summed E-state index contributed by atoms with van der Waals surface area (Å²) >= 11 is 0. The van der Waals surface area contributed by atoms with Gasteiger partial charge in [-0.2, -0.15) is 0 Å². The maximum Gasteiger partial charge on any atom is 0.219 e. The van der Waals surface area contributed by atoms with Gasteiger partial charge in [0.25, 0.3) is 0 Å². The van der Waals surface area contributed by atoms with E-state index >= 15 is 0 Å². The summed E-state index contributed by atoms with van der Waals surface area (Å²) in [6.45, 7) is 0. The molecule has 1 saturated carbocycles. The molecule has 0 amide bonds. The van der Waals surface area contributed by atoms with Gasteiger partial charge < -0.3 is 10.1 Å². The summed E-state index contributed by atoms with van der Waals surface area (Å²) in [7, 11) is 3.75. The molecule has 3 rings (SSSR count). The fourth-order valence-corrected chi connectivity index (χ4v) is 2.89. The van der Waals surface area contributed by atoms with Crippen LogP contribution in [0.5, 0.6) is 11.6 Å². The molecular formula is C20H26N2O2. The van der Waals surface area contributed by atoms with Crippen molar-refractivity contribution in [1.29, 1.82) is 0 Å². The molecule has 0 bridgehead atoms. The van der Waals surface area contributed by atoms with Gasteiger partial charge in [-0.3, -0.25) is 4.79 Å². The Morgan fingerprint density at radius 1 is 1.04 bits per heavy atom. The van der Waals surface area contributed by atoms with Crippen molar-refractivity contribution in [2.45, 2.75) is 38.0 Å². The molecule has 1 aliphatic carbocycles. The number of hydrogen-bond acceptors (Lipinski definition) is 4. The highest BCUT2D eigenvalue weighted by molar-refractivity contribution is 5.74. The van der Waals surface area contributed by atoms with E-state index in [1.165, 1.54) is 43.9 Å². The lowest BCUT2D eigenvalue weighted by molar-refractivity contribution is 0.112. The van der Waals surface area contributed by atoms with Gasteiger partial charge in [-0.15, -0.1) is 0 Å². The number of ether oxygens (including phenoxy) is 1.